The molecule has 12 nitrogen and oxygen atoms in total. The minimum Gasteiger partial charge on any atom is -0.382 e. The van der Waals surface area contributed by atoms with Crippen molar-refractivity contribution in [2.75, 3.05) is 37.7 Å². The molecule has 0 radical (unpaired) electrons. The maximum absolute atomic E-state index is 8.08. The van der Waals surface area contributed by atoms with E-state index in [-0.39, 0.29) is 17.7 Å². The smallest absolute Gasteiger partial charge is 0.201 e. The Morgan fingerprint density at radius 1 is 1.15 bits per heavy atom. The zero-order chi connectivity index (χ0) is 29.1. The Bertz CT molecular complexity index is 1400. The second-order valence-electron chi connectivity index (χ2n) is 12.0. The summed E-state index contributed by atoms with van der Waals surface area (Å²) in [6.07, 6.45) is 6.28. The van der Waals surface area contributed by atoms with Gasteiger partial charge in [-0.2, -0.15) is 0 Å². The molecule has 3 aromatic heterocycles. The second-order valence-corrected chi connectivity index (χ2v) is 12.0. The minimum absolute atomic E-state index is 0.0683. The Morgan fingerprint density at radius 3 is 2.62 bits per heavy atom. The first kappa shape index (κ1) is 29.7. The average Bonchev–Trinajstić information content (AvgIpc) is 3.58. The SMILES string of the molecule is CC(C)(O)O.CN(CCCNc1nc2ccc(C(C)(C)C)cc2[nH]1)CC1CCC(n2cnc3c(N)ncnc32)O1. The molecular weight excluding hydrogens is 510 g/mol. The van der Waals surface area contributed by atoms with Gasteiger partial charge in [-0.25, -0.2) is 19.9 Å². The topological polar surface area (TPSA) is 163 Å². The van der Waals surface area contributed by atoms with E-state index in [1.807, 2.05) is 4.57 Å². The van der Waals surface area contributed by atoms with E-state index >= 15 is 0 Å². The highest BCUT2D eigenvalue weighted by molar-refractivity contribution is 5.81. The summed E-state index contributed by atoms with van der Waals surface area (Å²) in [6.45, 7) is 12.0. The summed E-state index contributed by atoms with van der Waals surface area (Å²) in [5, 5.41) is 19.6. The minimum atomic E-state index is -1.50. The van der Waals surface area contributed by atoms with Crippen molar-refractivity contribution in [2.24, 2.45) is 0 Å². The highest BCUT2D eigenvalue weighted by Gasteiger charge is 2.29. The van der Waals surface area contributed by atoms with Gasteiger partial charge >= 0.3 is 0 Å². The van der Waals surface area contributed by atoms with Crippen LogP contribution in [-0.4, -0.2) is 83.2 Å². The summed E-state index contributed by atoms with van der Waals surface area (Å²) >= 11 is 0. The number of hydrogen-bond acceptors (Lipinski definition) is 10. The van der Waals surface area contributed by atoms with Crippen LogP contribution < -0.4 is 11.1 Å². The highest BCUT2D eigenvalue weighted by Crippen LogP contribution is 2.31. The fourth-order valence-electron chi connectivity index (χ4n) is 4.66. The molecule has 4 heterocycles. The molecule has 0 spiro atoms. The number of benzene rings is 1. The van der Waals surface area contributed by atoms with E-state index in [0.29, 0.717) is 11.3 Å². The summed E-state index contributed by atoms with van der Waals surface area (Å²) in [7, 11) is 2.15. The predicted octanol–water partition coefficient (Wildman–Crippen LogP) is 3.40. The standard InChI is InChI=1S/C25H35N9O.C3H8O2/c1-25(2,3)16-6-8-18-19(12-16)32-24(31-18)27-10-5-11-33(4)13-17-7-9-20(35-17)34-15-30-21-22(26)28-14-29-23(21)34;1-3(2,4)5/h6,8,12,14-15,17,20H,5,7,9-11,13H2,1-4H3,(H2,26,28,29)(H2,27,31,32);4-5H,1-2H3. The zero-order valence-electron chi connectivity index (χ0n) is 24.3. The van der Waals surface area contributed by atoms with E-state index in [9.17, 15) is 0 Å². The number of anilines is 2. The molecule has 2 unspecified atom stereocenters. The molecule has 40 heavy (non-hydrogen) atoms. The Kier molecular flexibility index (Phi) is 8.93. The summed E-state index contributed by atoms with van der Waals surface area (Å²) in [4.78, 5) is 23.1. The van der Waals surface area contributed by atoms with Crippen LogP contribution in [0.2, 0.25) is 0 Å². The van der Waals surface area contributed by atoms with Crippen molar-refractivity contribution in [3.63, 3.8) is 0 Å². The van der Waals surface area contributed by atoms with Gasteiger partial charge in [0.25, 0.3) is 0 Å². The van der Waals surface area contributed by atoms with Crippen molar-refractivity contribution in [3.8, 4) is 0 Å². The zero-order valence-corrected chi connectivity index (χ0v) is 24.3. The summed E-state index contributed by atoms with van der Waals surface area (Å²) < 4.78 is 8.28. The number of aromatic nitrogens is 6. The first-order valence-electron chi connectivity index (χ1n) is 13.7. The third-order valence-electron chi connectivity index (χ3n) is 6.65. The van der Waals surface area contributed by atoms with Gasteiger partial charge in [0.05, 0.1) is 23.5 Å². The number of imidazole rings is 2. The number of nitrogens with two attached hydrogens (primary N) is 1. The fourth-order valence-corrected chi connectivity index (χ4v) is 4.66. The largest absolute Gasteiger partial charge is 0.382 e. The Hall–Kier alpha value is -3.32. The van der Waals surface area contributed by atoms with Gasteiger partial charge in [-0.15, -0.1) is 0 Å². The van der Waals surface area contributed by atoms with Gasteiger partial charge in [-0.05, 0) is 69.8 Å². The predicted molar refractivity (Wildman–Crippen MR) is 157 cm³/mol. The Balaban J connectivity index is 0.000000681. The Labute approximate surface area is 235 Å². The molecule has 0 bridgehead atoms. The van der Waals surface area contributed by atoms with Gasteiger partial charge in [0.1, 0.15) is 18.1 Å². The first-order chi connectivity index (χ1) is 18.8. The molecule has 1 fully saturated rings. The number of aliphatic hydroxyl groups is 2. The second kappa shape index (κ2) is 12.0. The van der Waals surface area contributed by atoms with Gasteiger partial charge in [-0.3, -0.25) is 4.57 Å². The average molecular weight is 554 g/mol. The number of ether oxygens (including phenoxy) is 1. The molecule has 2 atom stereocenters. The Morgan fingerprint density at radius 2 is 1.90 bits per heavy atom. The molecule has 0 aliphatic carbocycles. The lowest BCUT2D eigenvalue weighted by Crippen LogP contribution is -2.30. The van der Waals surface area contributed by atoms with Gasteiger partial charge in [0, 0.05) is 13.1 Å². The number of hydrogen-bond donors (Lipinski definition) is 5. The maximum atomic E-state index is 8.08. The van der Waals surface area contributed by atoms with Crippen LogP contribution in [0.15, 0.2) is 30.9 Å². The first-order valence-corrected chi connectivity index (χ1v) is 13.7. The molecule has 1 aromatic carbocycles. The van der Waals surface area contributed by atoms with Crippen molar-refractivity contribution in [2.45, 2.75) is 77.4 Å². The molecule has 1 saturated heterocycles. The van der Waals surface area contributed by atoms with Gasteiger partial charge < -0.3 is 35.9 Å². The van der Waals surface area contributed by atoms with Crippen LogP contribution >= 0.6 is 0 Å². The van der Waals surface area contributed by atoms with E-state index < -0.39 is 5.79 Å². The van der Waals surface area contributed by atoms with E-state index in [4.69, 9.17) is 20.7 Å². The van der Waals surface area contributed by atoms with Crippen LogP contribution in [0.1, 0.15) is 65.7 Å². The molecule has 4 aromatic rings. The monoisotopic (exact) mass is 553 g/mol. The number of rotatable bonds is 8. The molecule has 0 saturated carbocycles. The van der Waals surface area contributed by atoms with Crippen molar-refractivity contribution in [1.82, 2.24) is 34.4 Å². The quantitative estimate of drug-likeness (QED) is 0.161. The lowest BCUT2D eigenvalue weighted by Gasteiger charge is -2.21. The number of likely N-dealkylation sites (N-methyl/N-ethyl adjacent to an activating group) is 1. The van der Waals surface area contributed by atoms with Crippen molar-refractivity contribution >= 4 is 34.0 Å². The van der Waals surface area contributed by atoms with Crippen LogP contribution in [0, 0.1) is 0 Å². The van der Waals surface area contributed by atoms with Crippen LogP contribution in [-0.2, 0) is 10.2 Å². The number of fused-ring (bicyclic) bond motifs is 2. The number of nitrogens with one attached hydrogen (secondary N) is 2. The third kappa shape index (κ3) is 7.87. The van der Waals surface area contributed by atoms with Crippen molar-refractivity contribution < 1.29 is 14.9 Å². The van der Waals surface area contributed by atoms with E-state index in [0.717, 1.165) is 61.5 Å². The fraction of sp³-hybridized carbons (Fsp3) is 0.571. The lowest BCUT2D eigenvalue weighted by molar-refractivity contribution is -0.127. The molecule has 0 amide bonds. The summed E-state index contributed by atoms with van der Waals surface area (Å²) in [5.74, 6) is -0.276. The molecule has 12 heteroatoms. The third-order valence-corrected chi connectivity index (χ3v) is 6.65. The van der Waals surface area contributed by atoms with E-state index in [1.165, 1.54) is 25.7 Å². The van der Waals surface area contributed by atoms with Crippen LogP contribution in [0.3, 0.4) is 0 Å². The van der Waals surface area contributed by atoms with Crippen molar-refractivity contribution in [3.05, 3.63) is 36.4 Å². The molecule has 1 aliphatic rings. The lowest BCUT2D eigenvalue weighted by atomic mass is 9.87. The molecule has 218 valence electrons. The van der Waals surface area contributed by atoms with Gasteiger partial charge in [-0.1, -0.05) is 26.8 Å². The highest BCUT2D eigenvalue weighted by atomic mass is 16.5. The molecule has 5 rings (SSSR count). The number of H-pyrrole nitrogens is 1. The summed E-state index contributed by atoms with van der Waals surface area (Å²) in [6, 6.07) is 6.45. The number of nitrogen functional groups attached to an aromatic ring is 1. The van der Waals surface area contributed by atoms with Crippen LogP contribution in [0.25, 0.3) is 22.2 Å². The molecular formula is C28H43N9O3. The van der Waals surface area contributed by atoms with Crippen LogP contribution in [0.5, 0.6) is 0 Å². The van der Waals surface area contributed by atoms with Crippen molar-refractivity contribution in [1.29, 1.82) is 0 Å². The van der Waals surface area contributed by atoms with Gasteiger partial charge in [0.2, 0.25) is 5.95 Å². The molecule has 6 N–H and O–H groups in total. The van der Waals surface area contributed by atoms with E-state index in [1.54, 1.807) is 6.33 Å². The number of nitrogens with zero attached hydrogens (tertiary/aromatic N) is 6. The summed E-state index contributed by atoms with van der Waals surface area (Å²) in [5.41, 5.74) is 10.8. The van der Waals surface area contributed by atoms with Crippen LogP contribution in [0.4, 0.5) is 11.8 Å². The van der Waals surface area contributed by atoms with Gasteiger partial charge in [0.15, 0.2) is 17.3 Å². The number of aromatic amines is 1. The normalized spacial score (nSPS) is 17.9. The maximum Gasteiger partial charge on any atom is 0.201 e. The van der Waals surface area contributed by atoms with E-state index in [2.05, 4.69) is 81.2 Å². The molecule has 1 aliphatic heterocycles.